The van der Waals surface area contributed by atoms with Gasteiger partial charge in [0.1, 0.15) is 11.6 Å². The zero-order valence-electron chi connectivity index (χ0n) is 16.6. The Labute approximate surface area is 180 Å². The zero-order valence-corrected chi connectivity index (χ0v) is 17.4. The number of pyridine rings is 2. The highest BCUT2D eigenvalue weighted by molar-refractivity contribution is 6.33. The number of aliphatic hydroxyl groups excluding tert-OH is 1. The topological polar surface area (TPSA) is 108 Å². The summed E-state index contributed by atoms with van der Waals surface area (Å²) in [5.74, 6) is 0.962. The van der Waals surface area contributed by atoms with Gasteiger partial charge in [0, 0.05) is 44.6 Å². The maximum absolute atomic E-state index is 12.4. The lowest BCUT2D eigenvalue weighted by atomic mass is 10.0. The average Bonchev–Trinajstić information content (AvgIpc) is 3.20. The van der Waals surface area contributed by atoms with Crippen LogP contribution >= 0.6 is 11.6 Å². The molecule has 0 unspecified atom stereocenters. The summed E-state index contributed by atoms with van der Waals surface area (Å²) in [6.45, 7) is 3.33. The van der Waals surface area contributed by atoms with Crippen molar-refractivity contribution in [1.82, 2.24) is 15.3 Å². The van der Waals surface area contributed by atoms with Crippen molar-refractivity contribution >= 4 is 29.1 Å². The second-order valence-electron chi connectivity index (χ2n) is 7.72. The molecule has 0 spiro atoms. The summed E-state index contributed by atoms with van der Waals surface area (Å²) >= 11 is 6.37. The molecule has 2 aliphatic rings. The van der Waals surface area contributed by atoms with Gasteiger partial charge in [-0.3, -0.25) is 4.79 Å². The second kappa shape index (κ2) is 9.70. The first-order valence-corrected chi connectivity index (χ1v) is 10.6. The number of aromatic nitrogens is 2. The molecule has 0 saturated carbocycles. The largest absolute Gasteiger partial charge is 0.391 e. The first-order chi connectivity index (χ1) is 14.6. The second-order valence-corrected chi connectivity index (χ2v) is 8.12. The van der Waals surface area contributed by atoms with Gasteiger partial charge in [0.2, 0.25) is 5.91 Å². The number of anilines is 2. The number of halogens is 1. The Morgan fingerprint density at radius 1 is 1.27 bits per heavy atom. The van der Waals surface area contributed by atoms with E-state index in [4.69, 9.17) is 16.3 Å². The Morgan fingerprint density at radius 2 is 2.10 bits per heavy atom. The van der Waals surface area contributed by atoms with E-state index in [0.29, 0.717) is 41.1 Å². The third kappa shape index (κ3) is 5.07. The molecular weight excluding hydrogens is 406 g/mol. The molecule has 2 atom stereocenters. The first-order valence-electron chi connectivity index (χ1n) is 10.2. The third-order valence-corrected chi connectivity index (χ3v) is 5.86. The van der Waals surface area contributed by atoms with Crippen LogP contribution < -0.4 is 16.0 Å². The highest BCUT2D eigenvalue weighted by atomic mass is 35.5. The minimum atomic E-state index is -0.697. The van der Waals surface area contributed by atoms with Crippen LogP contribution in [0.1, 0.15) is 12.8 Å². The number of rotatable bonds is 6. The van der Waals surface area contributed by atoms with Crippen LogP contribution in [0.2, 0.25) is 5.02 Å². The van der Waals surface area contributed by atoms with Crippen LogP contribution in [0.25, 0.3) is 11.3 Å². The fourth-order valence-electron chi connectivity index (χ4n) is 3.74. The molecule has 1 amide bonds. The standard InChI is InChI=1S/C21H26ClN5O3/c22-16-11-25-20(27-21(29)15-10-23-12-18(15)28)8-14(16)17-2-1-3-19(26-17)24-9-13-4-6-30-7-5-13/h1-3,8,11,13,15,18,23,28H,4-7,9-10,12H2,(H,24,26)(H,25,27,29)/t15-,18-/m0/s1. The van der Waals surface area contributed by atoms with Gasteiger partial charge in [-0.1, -0.05) is 17.7 Å². The number of hydrogen-bond acceptors (Lipinski definition) is 7. The van der Waals surface area contributed by atoms with Crippen molar-refractivity contribution in [3.63, 3.8) is 0 Å². The summed E-state index contributed by atoms with van der Waals surface area (Å²) in [5, 5.41) is 19.5. The molecule has 0 radical (unpaired) electrons. The Balaban J connectivity index is 1.46. The maximum Gasteiger partial charge on any atom is 0.232 e. The normalized spacial score (nSPS) is 22.1. The number of aliphatic hydroxyl groups is 1. The number of nitrogens with zero attached hydrogens (tertiary/aromatic N) is 2. The molecule has 2 fully saturated rings. The molecule has 30 heavy (non-hydrogen) atoms. The van der Waals surface area contributed by atoms with Gasteiger partial charge < -0.3 is 25.8 Å². The van der Waals surface area contributed by atoms with Crippen molar-refractivity contribution in [3.8, 4) is 11.3 Å². The van der Waals surface area contributed by atoms with Crippen LogP contribution in [0, 0.1) is 11.8 Å². The number of carbonyl (C=O) groups is 1. The van der Waals surface area contributed by atoms with Crippen LogP contribution in [-0.4, -0.2) is 59.9 Å². The van der Waals surface area contributed by atoms with E-state index in [1.54, 1.807) is 6.07 Å². The summed E-state index contributed by atoms with van der Waals surface area (Å²) in [7, 11) is 0. The van der Waals surface area contributed by atoms with Crippen molar-refractivity contribution < 1.29 is 14.6 Å². The van der Waals surface area contributed by atoms with Crippen molar-refractivity contribution in [2.75, 3.05) is 43.5 Å². The van der Waals surface area contributed by atoms with E-state index in [1.807, 2.05) is 18.2 Å². The van der Waals surface area contributed by atoms with Gasteiger partial charge in [-0.05, 0) is 37.0 Å². The summed E-state index contributed by atoms with van der Waals surface area (Å²) in [5.41, 5.74) is 1.37. The number of carbonyl (C=O) groups excluding carboxylic acids is 1. The van der Waals surface area contributed by atoms with Crippen LogP contribution in [0.5, 0.6) is 0 Å². The smallest absolute Gasteiger partial charge is 0.232 e. The van der Waals surface area contributed by atoms with Crippen LogP contribution in [0.15, 0.2) is 30.5 Å². The first kappa shape index (κ1) is 21.0. The Bertz CT molecular complexity index is 891. The summed E-state index contributed by atoms with van der Waals surface area (Å²) in [4.78, 5) is 21.3. The lowest BCUT2D eigenvalue weighted by Gasteiger charge is -2.22. The molecule has 9 heteroatoms. The Morgan fingerprint density at radius 3 is 2.87 bits per heavy atom. The molecule has 4 N–H and O–H groups in total. The van der Waals surface area contributed by atoms with Crippen molar-refractivity contribution in [2.45, 2.75) is 18.9 Å². The fraction of sp³-hybridized carbons (Fsp3) is 0.476. The molecule has 2 saturated heterocycles. The minimum Gasteiger partial charge on any atom is -0.391 e. The molecule has 8 nitrogen and oxygen atoms in total. The zero-order chi connectivity index (χ0) is 20.9. The highest BCUT2D eigenvalue weighted by Crippen LogP contribution is 2.29. The number of nitrogens with one attached hydrogen (secondary N) is 3. The fourth-order valence-corrected chi connectivity index (χ4v) is 3.94. The van der Waals surface area contributed by atoms with Crippen LogP contribution in [-0.2, 0) is 9.53 Å². The van der Waals surface area contributed by atoms with Gasteiger partial charge in [0.15, 0.2) is 0 Å². The molecule has 2 aliphatic heterocycles. The number of ether oxygens (including phenoxy) is 1. The molecular formula is C21H26ClN5O3. The predicted molar refractivity (Wildman–Crippen MR) is 116 cm³/mol. The van der Waals surface area contributed by atoms with Gasteiger partial charge in [-0.15, -0.1) is 0 Å². The van der Waals surface area contributed by atoms with E-state index < -0.39 is 12.0 Å². The Hall–Kier alpha value is -2.26. The Kier molecular flexibility index (Phi) is 6.79. The van der Waals surface area contributed by atoms with Gasteiger partial charge in [-0.25, -0.2) is 9.97 Å². The van der Waals surface area contributed by atoms with Crippen molar-refractivity contribution in [3.05, 3.63) is 35.5 Å². The SMILES string of the molecule is O=C(Nc1cc(-c2cccc(NCC3CCOCC3)n2)c(Cl)cn1)[C@H]1CNC[C@@H]1O. The summed E-state index contributed by atoms with van der Waals surface area (Å²) < 4.78 is 5.41. The van der Waals surface area contributed by atoms with Gasteiger partial charge >= 0.3 is 0 Å². The molecule has 0 aromatic carbocycles. The van der Waals surface area contributed by atoms with E-state index in [9.17, 15) is 9.90 Å². The molecule has 4 rings (SSSR count). The molecule has 160 valence electrons. The summed E-state index contributed by atoms with van der Waals surface area (Å²) in [6, 6.07) is 7.43. The van der Waals surface area contributed by atoms with E-state index in [0.717, 1.165) is 38.4 Å². The molecule has 0 aliphatic carbocycles. The van der Waals surface area contributed by atoms with E-state index in [2.05, 4.69) is 25.9 Å². The van der Waals surface area contributed by atoms with E-state index in [1.165, 1.54) is 6.20 Å². The van der Waals surface area contributed by atoms with Gasteiger partial charge in [0.25, 0.3) is 0 Å². The van der Waals surface area contributed by atoms with Crippen LogP contribution in [0.4, 0.5) is 11.6 Å². The quantitative estimate of drug-likeness (QED) is 0.555. The van der Waals surface area contributed by atoms with Gasteiger partial charge in [-0.2, -0.15) is 0 Å². The van der Waals surface area contributed by atoms with E-state index >= 15 is 0 Å². The number of hydrogen-bond donors (Lipinski definition) is 4. The third-order valence-electron chi connectivity index (χ3n) is 5.56. The minimum absolute atomic E-state index is 0.270. The lowest BCUT2D eigenvalue weighted by Crippen LogP contribution is -2.31. The lowest BCUT2D eigenvalue weighted by molar-refractivity contribution is -0.121. The van der Waals surface area contributed by atoms with Gasteiger partial charge in [0.05, 0.1) is 22.7 Å². The van der Waals surface area contributed by atoms with Crippen molar-refractivity contribution in [2.24, 2.45) is 11.8 Å². The molecule has 4 heterocycles. The predicted octanol–water partition coefficient (Wildman–Crippen LogP) is 2.15. The maximum atomic E-state index is 12.4. The summed E-state index contributed by atoms with van der Waals surface area (Å²) in [6.07, 6.45) is 2.91. The number of amides is 1. The van der Waals surface area contributed by atoms with Crippen LogP contribution in [0.3, 0.4) is 0 Å². The highest BCUT2D eigenvalue weighted by Gasteiger charge is 2.31. The number of β-amino-alcohol motifs (C(OH)–C–C–N with tert-alkyl or cyclic N) is 1. The average molecular weight is 432 g/mol. The molecule has 2 aromatic rings. The monoisotopic (exact) mass is 431 g/mol. The van der Waals surface area contributed by atoms with E-state index in [-0.39, 0.29) is 5.91 Å². The molecule has 0 bridgehead atoms. The molecule has 2 aromatic heterocycles. The van der Waals surface area contributed by atoms with Crippen molar-refractivity contribution in [1.29, 1.82) is 0 Å².